The standard InChI is InChI=1S/C20H22F8O11S/c21-18(22,23)13(29)37-8-16(9-38-14(30)19(24,25)26)6-35-11-1-10-2-12(36-7-16)5-17(3-10,4-11)39-15(31)20(27,28)40(32,33)34/h10-12H,1-9H2,(H,32,33,34). The highest BCUT2D eigenvalue weighted by Crippen LogP contribution is 2.49. The lowest BCUT2D eigenvalue weighted by Crippen LogP contribution is -2.57. The molecule has 0 aromatic rings. The summed E-state index contributed by atoms with van der Waals surface area (Å²) in [5.74, 6) is -8.39. The van der Waals surface area contributed by atoms with Crippen molar-refractivity contribution in [3.8, 4) is 0 Å². The monoisotopic (exact) mass is 622 g/mol. The van der Waals surface area contributed by atoms with Crippen molar-refractivity contribution in [1.29, 1.82) is 0 Å². The summed E-state index contributed by atoms with van der Waals surface area (Å²) in [5.41, 5.74) is -3.87. The zero-order valence-corrected chi connectivity index (χ0v) is 20.9. The van der Waals surface area contributed by atoms with Crippen molar-refractivity contribution < 1.29 is 86.2 Å². The zero-order valence-electron chi connectivity index (χ0n) is 20.1. The van der Waals surface area contributed by atoms with Gasteiger partial charge in [-0.15, -0.1) is 0 Å². The number of fused-ring (bicyclic) bond motifs is 4. The molecule has 4 fully saturated rings. The average Bonchev–Trinajstić information content (AvgIpc) is 2.79. The summed E-state index contributed by atoms with van der Waals surface area (Å²) in [5, 5.41) is -5.31. The maximum absolute atomic E-state index is 13.9. The fraction of sp³-hybridized carbons (Fsp3) is 0.850. The largest absolute Gasteiger partial charge is 0.490 e. The highest BCUT2D eigenvalue weighted by molar-refractivity contribution is 7.87. The summed E-state index contributed by atoms with van der Waals surface area (Å²) in [4.78, 5) is 34.6. The molecule has 20 heteroatoms. The first-order valence-corrected chi connectivity index (χ1v) is 12.8. The number of hydrogen-bond acceptors (Lipinski definition) is 10. The van der Waals surface area contributed by atoms with E-state index < -0.39 is 101 Å². The van der Waals surface area contributed by atoms with Gasteiger partial charge in [-0.2, -0.15) is 43.5 Å². The molecule has 2 atom stereocenters. The molecule has 4 rings (SSSR count). The van der Waals surface area contributed by atoms with Crippen molar-refractivity contribution in [2.24, 2.45) is 11.3 Å². The lowest BCUT2D eigenvalue weighted by Gasteiger charge is -2.51. The molecule has 230 valence electrons. The van der Waals surface area contributed by atoms with Gasteiger partial charge in [-0.1, -0.05) is 0 Å². The Morgan fingerprint density at radius 3 is 1.57 bits per heavy atom. The van der Waals surface area contributed by atoms with Crippen LogP contribution in [0.15, 0.2) is 0 Å². The van der Waals surface area contributed by atoms with Crippen LogP contribution >= 0.6 is 0 Å². The fourth-order valence-corrected chi connectivity index (χ4v) is 5.21. The van der Waals surface area contributed by atoms with Crippen molar-refractivity contribution in [3.05, 3.63) is 0 Å². The van der Waals surface area contributed by atoms with E-state index >= 15 is 0 Å². The van der Waals surface area contributed by atoms with E-state index in [-0.39, 0.29) is 32.1 Å². The van der Waals surface area contributed by atoms with Gasteiger partial charge in [-0.25, -0.2) is 14.4 Å². The molecule has 0 spiro atoms. The molecule has 4 bridgehead atoms. The summed E-state index contributed by atoms with van der Waals surface area (Å²) in [6.07, 6.45) is -13.5. The molecule has 1 N–H and O–H groups in total. The summed E-state index contributed by atoms with van der Waals surface area (Å²) in [6.45, 7) is -4.17. The Labute approximate surface area is 220 Å². The number of ether oxygens (including phenoxy) is 5. The Morgan fingerprint density at radius 1 is 0.775 bits per heavy atom. The number of carbonyl (C=O) groups excluding carboxylic acids is 3. The molecular formula is C20H22F8O11S. The number of halogens is 8. The van der Waals surface area contributed by atoms with Crippen molar-refractivity contribution in [3.63, 3.8) is 0 Å². The van der Waals surface area contributed by atoms with Crippen molar-refractivity contribution >= 4 is 28.0 Å². The molecule has 2 aliphatic heterocycles. The first-order valence-electron chi connectivity index (χ1n) is 11.4. The van der Waals surface area contributed by atoms with Crippen LogP contribution in [-0.4, -0.2) is 92.7 Å². The predicted octanol–water partition coefficient (Wildman–Crippen LogP) is 2.32. The minimum absolute atomic E-state index is 0.0441. The van der Waals surface area contributed by atoms with Gasteiger partial charge in [0.2, 0.25) is 0 Å². The summed E-state index contributed by atoms with van der Waals surface area (Å²) >= 11 is 0. The SMILES string of the molecule is O=C(OCC1(COC(=O)C(F)(F)F)COC2CC3CC(CC(OC(=O)C(F)(F)S(=O)(=O)O)(C3)C2)OC1)C(F)(F)F. The van der Waals surface area contributed by atoms with Crippen molar-refractivity contribution in [2.45, 2.75) is 67.5 Å². The maximum Gasteiger partial charge on any atom is 0.490 e. The van der Waals surface area contributed by atoms with Gasteiger partial charge in [0, 0.05) is 12.8 Å². The molecular weight excluding hydrogens is 600 g/mol. The Balaban J connectivity index is 1.85. The van der Waals surface area contributed by atoms with E-state index in [4.69, 9.17) is 18.8 Å². The summed E-state index contributed by atoms with van der Waals surface area (Å²) in [6, 6.07) is 0. The van der Waals surface area contributed by atoms with E-state index in [1.807, 2.05) is 0 Å². The van der Waals surface area contributed by atoms with Gasteiger partial charge >= 0.3 is 45.6 Å². The molecule has 0 amide bonds. The number of hydrogen-bond donors (Lipinski definition) is 1. The average molecular weight is 622 g/mol. The van der Waals surface area contributed by atoms with Gasteiger partial charge in [0.25, 0.3) is 0 Å². The second kappa shape index (κ2) is 10.8. The van der Waals surface area contributed by atoms with E-state index in [2.05, 4.69) is 9.47 Å². The molecule has 11 nitrogen and oxygen atoms in total. The third-order valence-corrected chi connectivity index (χ3v) is 7.47. The topological polar surface area (TPSA) is 152 Å². The van der Waals surface area contributed by atoms with Crippen LogP contribution in [0, 0.1) is 11.3 Å². The van der Waals surface area contributed by atoms with Gasteiger partial charge in [0.1, 0.15) is 18.8 Å². The summed E-state index contributed by atoms with van der Waals surface area (Å²) < 4.78 is 159. The van der Waals surface area contributed by atoms with Crippen LogP contribution in [-0.2, 0) is 48.2 Å². The Kier molecular flexibility index (Phi) is 8.71. The van der Waals surface area contributed by atoms with E-state index in [1.165, 1.54) is 0 Å². The predicted molar refractivity (Wildman–Crippen MR) is 108 cm³/mol. The van der Waals surface area contributed by atoms with Crippen LogP contribution in [0.25, 0.3) is 0 Å². The zero-order chi connectivity index (χ0) is 30.4. The molecule has 2 saturated heterocycles. The van der Waals surface area contributed by atoms with Gasteiger partial charge in [0.05, 0.1) is 30.8 Å². The van der Waals surface area contributed by atoms with Gasteiger partial charge in [0.15, 0.2) is 0 Å². The van der Waals surface area contributed by atoms with Crippen LogP contribution < -0.4 is 0 Å². The number of rotatable bonds is 7. The van der Waals surface area contributed by atoms with E-state index in [0.29, 0.717) is 0 Å². The first kappa shape index (κ1) is 32.2. The van der Waals surface area contributed by atoms with Crippen molar-refractivity contribution in [1.82, 2.24) is 0 Å². The molecule has 2 saturated carbocycles. The normalized spacial score (nSPS) is 29.0. The van der Waals surface area contributed by atoms with E-state index in [1.54, 1.807) is 0 Å². The molecule has 0 aromatic carbocycles. The molecule has 2 unspecified atom stereocenters. The third-order valence-electron chi connectivity index (χ3n) is 6.66. The molecule has 0 radical (unpaired) electrons. The molecule has 40 heavy (non-hydrogen) atoms. The number of alkyl halides is 8. The van der Waals surface area contributed by atoms with Crippen LogP contribution in [0.2, 0.25) is 0 Å². The minimum Gasteiger partial charge on any atom is -0.458 e. The smallest absolute Gasteiger partial charge is 0.458 e. The fourth-order valence-electron chi connectivity index (χ4n) is 4.96. The maximum atomic E-state index is 13.9. The number of carbonyl (C=O) groups is 3. The minimum atomic E-state index is -6.19. The van der Waals surface area contributed by atoms with Crippen molar-refractivity contribution in [2.75, 3.05) is 26.4 Å². The molecule has 2 aliphatic carbocycles. The van der Waals surface area contributed by atoms with Crippen LogP contribution in [0.5, 0.6) is 0 Å². The lowest BCUT2D eigenvalue weighted by atomic mass is 9.66. The summed E-state index contributed by atoms with van der Waals surface area (Å²) in [7, 11) is -6.19. The van der Waals surface area contributed by atoms with Gasteiger partial charge in [-0.3, -0.25) is 4.55 Å². The Hall–Kier alpha value is -2.32. The number of esters is 3. The first-order chi connectivity index (χ1) is 18.1. The molecule has 0 aromatic heterocycles. The van der Waals surface area contributed by atoms with E-state index in [9.17, 15) is 57.9 Å². The Morgan fingerprint density at radius 2 is 1.20 bits per heavy atom. The Bertz CT molecular complexity index is 1050. The second-order valence-electron chi connectivity index (χ2n) is 10.0. The third kappa shape index (κ3) is 7.30. The van der Waals surface area contributed by atoms with E-state index in [0.717, 1.165) is 0 Å². The second-order valence-corrected chi connectivity index (χ2v) is 11.5. The lowest BCUT2D eigenvalue weighted by molar-refractivity contribution is -0.232. The highest BCUT2D eigenvalue weighted by Gasteiger charge is 2.59. The van der Waals surface area contributed by atoms with Crippen LogP contribution in [0.3, 0.4) is 0 Å². The van der Waals surface area contributed by atoms with Crippen LogP contribution in [0.4, 0.5) is 35.1 Å². The van der Waals surface area contributed by atoms with Gasteiger partial charge < -0.3 is 23.7 Å². The quantitative estimate of drug-likeness (QED) is 0.193. The molecule has 4 aliphatic rings. The van der Waals surface area contributed by atoms with Gasteiger partial charge in [-0.05, 0) is 25.2 Å². The highest BCUT2D eigenvalue weighted by atomic mass is 32.2. The van der Waals surface area contributed by atoms with Crippen LogP contribution in [0.1, 0.15) is 32.1 Å². The molecule has 2 heterocycles.